The van der Waals surface area contributed by atoms with Crippen LogP contribution in [-0.4, -0.2) is 87.2 Å². The number of sulfonamides is 1. The van der Waals surface area contributed by atoms with Crippen LogP contribution in [0.1, 0.15) is 56.0 Å². The highest BCUT2D eigenvalue weighted by Crippen LogP contribution is 2.16. The van der Waals surface area contributed by atoms with Crippen molar-refractivity contribution in [3.8, 4) is 0 Å². The molecule has 5 N–H and O–H groups in total. The zero-order valence-corrected chi connectivity index (χ0v) is 26.5. The van der Waals surface area contributed by atoms with E-state index in [2.05, 4.69) is 27.3 Å². The minimum Gasteiger partial charge on any atom is -0.426 e. The third kappa shape index (κ3) is 11.4. The fourth-order valence-corrected chi connectivity index (χ4v) is 5.48. The van der Waals surface area contributed by atoms with Crippen molar-refractivity contribution in [2.75, 3.05) is 37.7 Å². The van der Waals surface area contributed by atoms with E-state index in [1.54, 1.807) is 18.2 Å². The van der Waals surface area contributed by atoms with Crippen LogP contribution in [0.15, 0.2) is 47.5 Å². The number of hydrogen-bond acceptors (Lipinski definition) is 9. The molecule has 0 spiro atoms. The maximum Gasteiger partial charge on any atom is 0.475 e. The lowest BCUT2D eigenvalue weighted by Gasteiger charge is -2.27. The highest BCUT2D eigenvalue weighted by atomic mass is 35.5. The Morgan fingerprint density at radius 2 is 1.74 bits per heavy atom. The molecular weight excluding hydrogens is 597 g/mol. The molecule has 238 valence electrons. The normalized spacial score (nSPS) is 14.9. The summed E-state index contributed by atoms with van der Waals surface area (Å²) >= 11 is 0. The Labute approximate surface area is 260 Å². The van der Waals surface area contributed by atoms with Gasteiger partial charge in [0.05, 0.1) is 19.2 Å². The molecule has 2 amide bonds. The Kier molecular flexibility index (Phi) is 14.9. The minimum absolute atomic E-state index is 0. The summed E-state index contributed by atoms with van der Waals surface area (Å²) in [6.07, 6.45) is 4.45. The summed E-state index contributed by atoms with van der Waals surface area (Å²) in [5.74, 6) is -1.68. The molecule has 0 bridgehead atoms. The van der Waals surface area contributed by atoms with Gasteiger partial charge in [0, 0.05) is 31.4 Å². The van der Waals surface area contributed by atoms with Gasteiger partial charge in [-0.25, -0.2) is 18.1 Å². The minimum atomic E-state index is -4.10. The van der Waals surface area contributed by atoms with Crippen LogP contribution in [0, 0.1) is 5.92 Å². The Morgan fingerprint density at radius 3 is 2.30 bits per heavy atom. The van der Waals surface area contributed by atoms with E-state index in [4.69, 9.17) is 4.74 Å². The van der Waals surface area contributed by atoms with Crippen LogP contribution in [0.5, 0.6) is 0 Å². The van der Waals surface area contributed by atoms with E-state index in [1.807, 2.05) is 30.9 Å². The second kappa shape index (κ2) is 17.5. The molecule has 1 saturated heterocycles. The lowest BCUT2D eigenvalue weighted by molar-refractivity contribution is -0.123. The monoisotopic (exact) mass is 639 g/mol. The molecule has 1 aliphatic heterocycles. The zero-order valence-electron chi connectivity index (χ0n) is 24.9. The maximum absolute atomic E-state index is 13.2. The lowest BCUT2D eigenvalue weighted by atomic mass is 9.75. The van der Waals surface area contributed by atoms with Gasteiger partial charge in [-0.2, -0.15) is 0 Å². The van der Waals surface area contributed by atoms with E-state index in [0.29, 0.717) is 37.7 Å². The van der Waals surface area contributed by atoms with Gasteiger partial charge >= 0.3 is 7.12 Å². The Bertz CT molecular complexity index is 1260. The lowest BCUT2D eigenvalue weighted by Crippen LogP contribution is -2.57. The zero-order chi connectivity index (χ0) is 30.7. The number of nitrogens with zero attached hydrogens (tertiary/aromatic N) is 2. The fraction of sp³-hybridized carbons (Fsp3) is 0.536. The number of rotatable bonds is 15. The number of aromatic nitrogens is 1. The first-order valence-electron chi connectivity index (χ1n) is 14.3. The van der Waals surface area contributed by atoms with Crippen molar-refractivity contribution >= 4 is 47.2 Å². The topological polar surface area (TPSA) is 170 Å². The van der Waals surface area contributed by atoms with Crippen molar-refractivity contribution in [3.63, 3.8) is 0 Å². The van der Waals surface area contributed by atoms with Gasteiger partial charge in [0.25, 0.3) is 5.91 Å². The van der Waals surface area contributed by atoms with E-state index < -0.39 is 47.5 Å². The van der Waals surface area contributed by atoms with Crippen LogP contribution in [0.4, 0.5) is 5.82 Å². The van der Waals surface area contributed by atoms with E-state index in [0.717, 1.165) is 24.8 Å². The van der Waals surface area contributed by atoms with E-state index in [1.165, 1.54) is 12.3 Å². The van der Waals surface area contributed by atoms with E-state index >= 15 is 0 Å². The molecule has 3 rings (SSSR count). The Hall–Kier alpha value is -2.75. The Balaban J connectivity index is 0.00000645. The summed E-state index contributed by atoms with van der Waals surface area (Å²) in [7, 11) is -5.94. The number of unbranched alkanes of at least 4 members (excludes halogenated alkanes) is 1. The number of benzene rings is 1. The van der Waals surface area contributed by atoms with Gasteiger partial charge in [-0.3, -0.25) is 9.59 Å². The SMILES string of the molecule is CCCCc1ccc(C(=O)N[C@@H](CNS(=O)(=O)c2ccc(N3CCOCC3)nc2)C(=O)N[C@@H](CC(C)C)B(O)O)cc1.Cl. The maximum atomic E-state index is 13.2. The van der Waals surface area contributed by atoms with Gasteiger partial charge in [-0.15, -0.1) is 12.4 Å². The van der Waals surface area contributed by atoms with Gasteiger partial charge < -0.3 is 30.3 Å². The first-order chi connectivity index (χ1) is 20.0. The fourth-order valence-electron chi connectivity index (χ4n) is 4.49. The number of aryl methyl sites for hydroxylation is 1. The van der Waals surface area contributed by atoms with Crippen LogP contribution >= 0.6 is 12.4 Å². The number of morpholine rings is 1. The molecule has 2 aromatic rings. The highest BCUT2D eigenvalue weighted by molar-refractivity contribution is 7.89. The molecule has 43 heavy (non-hydrogen) atoms. The van der Waals surface area contributed by atoms with Crippen molar-refractivity contribution in [2.45, 2.75) is 63.3 Å². The van der Waals surface area contributed by atoms with Crippen LogP contribution < -0.4 is 20.3 Å². The van der Waals surface area contributed by atoms with Crippen LogP contribution in [0.2, 0.25) is 0 Å². The first kappa shape index (κ1) is 36.4. The smallest absolute Gasteiger partial charge is 0.426 e. The molecule has 0 radical (unpaired) electrons. The third-order valence-electron chi connectivity index (χ3n) is 6.91. The second-order valence-electron chi connectivity index (χ2n) is 10.8. The quantitative estimate of drug-likeness (QED) is 0.180. The number of carbonyl (C=O) groups is 2. The van der Waals surface area contributed by atoms with Crippen molar-refractivity contribution in [2.24, 2.45) is 5.92 Å². The molecule has 1 aliphatic rings. The molecule has 0 saturated carbocycles. The molecule has 1 fully saturated rings. The molecular formula is C28H43BClN5O7S. The molecule has 0 unspecified atom stereocenters. The third-order valence-corrected chi connectivity index (χ3v) is 8.32. The molecule has 0 aliphatic carbocycles. The summed E-state index contributed by atoms with van der Waals surface area (Å²) in [5, 5.41) is 24.7. The summed E-state index contributed by atoms with van der Waals surface area (Å²) < 4.78 is 33.9. The van der Waals surface area contributed by atoms with Gasteiger partial charge in [0.1, 0.15) is 16.8 Å². The summed E-state index contributed by atoms with van der Waals surface area (Å²) in [4.78, 5) is 32.5. The van der Waals surface area contributed by atoms with Crippen LogP contribution in [-0.2, 0) is 26.0 Å². The van der Waals surface area contributed by atoms with E-state index in [9.17, 15) is 28.1 Å². The first-order valence-corrected chi connectivity index (χ1v) is 15.8. The van der Waals surface area contributed by atoms with Crippen molar-refractivity contribution in [1.82, 2.24) is 20.3 Å². The molecule has 12 nitrogen and oxygen atoms in total. The van der Waals surface area contributed by atoms with Gasteiger partial charge in [-0.05, 0) is 55.0 Å². The second-order valence-corrected chi connectivity index (χ2v) is 12.6. The largest absolute Gasteiger partial charge is 0.475 e. The van der Waals surface area contributed by atoms with Crippen molar-refractivity contribution < 1.29 is 32.8 Å². The molecule has 2 heterocycles. The number of anilines is 1. The van der Waals surface area contributed by atoms with Crippen LogP contribution in [0.3, 0.4) is 0 Å². The number of amides is 2. The average molecular weight is 640 g/mol. The predicted octanol–water partition coefficient (Wildman–Crippen LogP) is 1.30. The molecule has 2 atom stereocenters. The number of nitrogens with one attached hydrogen (secondary N) is 3. The van der Waals surface area contributed by atoms with E-state index in [-0.39, 0.29) is 29.6 Å². The number of carbonyl (C=O) groups excluding carboxylic acids is 2. The standard InChI is InChI=1S/C28H42BN5O7S.ClH/c1-4-5-6-21-7-9-22(10-8-21)27(35)32-24(28(36)33-25(29(37)38)17-20(2)3)19-31-42(39,40)23-11-12-26(30-18-23)34-13-15-41-16-14-34;/h7-12,18,20,24-25,31,37-38H,4-6,13-17,19H2,1-3H3,(H,32,35)(H,33,36);1H/t24-,25-;/m0./s1. The number of pyridine rings is 1. The number of halogens is 1. The molecule has 1 aromatic heterocycles. The Morgan fingerprint density at radius 1 is 1.07 bits per heavy atom. The van der Waals surface area contributed by atoms with Crippen molar-refractivity contribution in [3.05, 3.63) is 53.7 Å². The van der Waals surface area contributed by atoms with Gasteiger partial charge in [0.15, 0.2) is 0 Å². The average Bonchev–Trinajstić information content (AvgIpc) is 2.98. The summed E-state index contributed by atoms with van der Waals surface area (Å²) in [6.45, 7) is 7.76. The van der Waals surface area contributed by atoms with Gasteiger partial charge in [-0.1, -0.05) is 39.3 Å². The van der Waals surface area contributed by atoms with Gasteiger partial charge in [0.2, 0.25) is 15.9 Å². The summed E-state index contributed by atoms with van der Waals surface area (Å²) in [6, 6.07) is 8.68. The summed E-state index contributed by atoms with van der Waals surface area (Å²) in [5.41, 5.74) is 1.39. The van der Waals surface area contributed by atoms with Crippen molar-refractivity contribution in [1.29, 1.82) is 0 Å². The predicted molar refractivity (Wildman–Crippen MR) is 168 cm³/mol. The molecule has 15 heteroatoms. The number of hydrogen-bond donors (Lipinski definition) is 5. The molecule has 1 aromatic carbocycles. The van der Waals surface area contributed by atoms with Crippen LogP contribution in [0.25, 0.3) is 0 Å². The highest BCUT2D eigenvalue weighted by Gasteiger charge is 2.31. The number of ether oxygens (including phenoxy) is 1.